The minimum Gasteiger partial charge on any atom is -0.486 e. The first kappa shape index (κ1) is 18.5. The molecule has 0 saturated heterocycles. The van der Waals surface area contributed by atoms with Gasteiger partial charge in [0.1, 0.15) is 23.9 Å². The molecule has 1 heterocycles. The Bertz CT molecular complexity index is 733. The topological polar surface area (TPSA) is 71.7 Å². The van der Waals surface area contributed by atoms with E-state index in [0.717, 1.165) is 25.7 Å². The van der Waals surface area contributed by atoms with Crippen molar-refractivity contribution in [1.82, 2.24) is 5.32 Å². The van der Waals surface area contributed by atoms with Crippen LogP contribution in [0.15, 0.2) is 40.8 Å². The summed E-state index contributed by atoms with van der Waals surface area (Å²) in [6.45, 7) is 2.10. The van der Waals surface area contributed by atoms with Crippen LogP contribution < -0.4 is 10.1 Å². The average molecular weight is 361 g/mol. The van der Waals surface area contributed by atoms with Gasteiger partial charge in [-0.3, -0.25) is 4.79 Å². The predicted octanol–water partition coefficient (Wildman–Crippen LogP) is 3.67. The second kappa shape index (κ2) is 7.91. The fourth-order valence-corrected chi connectivity index (χ4v) is 3.30. The third kappa shape index (κ3) is 4.64. The lowest BCUT2D eigenvalue weighted by Gasteiger charge is -2.30. The molecule has 1 atom stereocenters. The molecule has 3 rings (SSSR count). The Hall–Kier alpha value is -2.34. The normalized spacial score (nSPS) is 17.0. The molecule has 0 radical (unpaired) electrons. The lowest BCUT2D eigenvalue weighted by molar-refractivity contribution is 0.00260. The molecule has 1 aromatic carbocycles. The van der Waals surface area contributed by atoms with Gasteiger partial charge in [0.05, 0.1) is 5.60 Å². The third-order valence-electron chi connectivity index (χ3n) is 4.92. The Morgan fingerprint density at radius 2 is 1.96 bits per heavy atom. The van der Waals surface area contributed by atoms with Crippen LogP contribution in [0.3, 0.4) is 0 Å². The summed E-state index contributed by atoms with van der Waals surface area (Å²) in [5, 5.41) is 13.3. The van der Waals surface area contributed by atoms with Crippen molar-refractivity contribution >= 4 is 5.91 Å². The van der Waals surface area contributed by atoms with Gasteiger partial charge in [-0.25, -0.2) is 4.39 Å². The molecule has 1 aromatic heterocycles. The Morgan fingerprint density at radius 3 is 2.65 bits per heavy atom. The molecular weight excluding hydrogens is 337 g/mol. The molecule has 1 fully saturated rings. The molecule has 26 heavy (non-hydrogen) atoms. The van der Waals surface area contributed by atoms with Crippen LogP contribution in [0.2, 0.25) is 0 Å². The summed E-state index contributed by atoms with van der Waals surface area (Å²) in [5.41, 5.74) is -0.909. The van der Waals surface area contributed by atoms with Gasteiger partial charge in [0.15, 0.2) is 5.76 Å². The minimum atomic E-state index is -0.909. The van der Waals surface area contributed by atoms with Gasteiger partial charge >= 0.3 is 0 Å². The van der Waals surface area contributed by atoms with E-state index in [0.29, 0.717) is 11.5 Å². The quantitative estimate of drug-likeness (QED) is 0.789. The summed E-state index contributed by atoms with van der Waals surface area (Å²) in [7, 11) is 0. The maximum Gasteiger partial charge on any atom is 0.287 e. The lowest BCUT2D eigenvalue weighted by Crippen LogP contribution is -2.45. The van der Waals surface area contributed by atoms with E-state index < -0.39 is 5.60 Å². The summed E-state index contributed by atoms with van der Waals surface area (Å²) in [5.74, 6) is 0.700. The highest BCUT2D eigenvalue weighted by molar-refractivity contribution is 5.91. The van der Waals surface area contributed by atoms with E-state index in [1.54, 1.807) is 19.1 Å². The van der Waals surface area contributed by atoms with Crippen molar-refractivity contribution in [3.8, 4) is 5.75 Å². The van der Waals surface area contributed by atoms with Gasteiger partial charge in [-0.2, -0.15) is 0 Å². The van der Waals surface area contributed by atoms with Crippen molar-refractivity contribution < 1.29 is 23.4 Å². The Balaban J connectivity index is 1.50. The van der Waals surface area contributed by atoms with Crippen LogP contribution in [0.4, 0.5) is 4.39 Å². The third-order valence-corrected chi connectivity index (χ3v) is 4.92. The highest BCUT2D eigenvalue weighted by atomic mass is 19.1. The zero-order valence-corrected chi connectivity index (χ0v) is 14.8. The highest BCUT2D eigenvalue weighted by Gasteiger charge is 2.34. The zero-order chi connectivity index (χ0) is 18.6. The van der Waals surface area contributed by atoms with E-state index in [1.807, 2.05) is 0 Å². The number of amides is 1. The molecule has 140 valence electrons. The standard InChI is InChI=1S/C20H24FNO4/c1-20(24,14-4-2-3-5-14)13-22-19(23)18-11-10-17(26-18)12-25-16-8-6-15(21)7-9-16/h6-11,14,24H,2-5,12-13H2,1H3,(H,22,23)/t20-/m0/s1. The fraction of sp³-hybridized carbons (Fsp3) is 0.450. The summed E-state index contributed by atoms with van der Waals surface area (Å²) >= 11 is 0. The first-order valence-electron chi connectivity index (χ1n) is 8.92. The number of nitrogens with one attached hydrogen (secondary N) is 1. The molecule has 1 aliphatic carbocycles. The fourth-order valence-electron chi connectivity index (χ4n) is 3.30. The maximum atomic E-state index is 12.9. The van der Waals surface area contributed by atoms with E-state index in [9.17, 15) is 14.3 Å². The van der Waals surface area contributed by atoms with Gasteiger partial charge in [-0.15, -0.1) is 0 Å². The second-order valence-electron chi connectivity index (χ2n) is 7.03. The Morgan fingerprint density at radius 1 is 1.27 bits per heavy atom. The van der Waals surface area contributed by atoms with E-state index >= 15 is 0 Å². The summed E-state index contributed by atoms with van der Waals surface area (Å²) in [6, 6.07) is 8.91. The van der Waals surface area contributed by atoms with Crippen molar-refractivity contribution in [2.75, 3.05) is 6.54 Å². The molecule has 2 N–H and O–H groups in total. The molecule has 5 nitrogen and oxygen atoms in total. The Labute approximate surface area is 152 Å². The molecule has 0 spiro atoms. The monoisotopic (exact) mass is 361 g/mol. The molecule has 1 saturated carbocycles. The molecule has 0 bridgehead atoms. The van der Waals surface area contributed by atoms with Crippen LogP contribution in [-0.4, -0.2) is 23.2 Å². The SMILES string of the molecule is C[C@](O)(CNC(=O)c1ccc(COc2ccc(F)cc2)o1)C1CCCC1. The van der Waals surface area contributed by atoms with Crippen LogP contribution in [0, 0.1) is 11.7 Å². The van der Waals surface area contributed by atoms with Crippen molar-refractivity contribution in [3.05, 3.63) is 53.7 Å². The van der Waals surface area contributed by atoms with Crippen molar-refractivity contribution in [2.24, 2.45) is 5.92 Å². The van der Waals surface area contributed by atoms with E-state index in [2.05, 4.69) is 5.32 Å². The zero-order valence-electron chi connectivity index (χ0n) is 14.8. The average Bonchev–Trinajstić information content (AvgIpc) is 3.31. The molecule has 6 heteroatoms. The number of hydrogen-bond acceptors (Lipinski definition) is 4. The summed E-state index contributed by atoms with van der Waals surface area (Å²) in [6.07, 6.45) is 4.25. The maximum absolute atomic E-state index is 12.9. The van der Waals surface area contributed by atoms with Gasteiger partial charge in [-0.1, -0.05) is 12.8 Å². The molecule has 1 amide bonds. The van der Waals surface area contributed by atoms with Gasteiger partial charge in [0.2, 0.25) is 0 Å². The van der Waals surface area contributed by atoms with Gasteiger partial charge in [-0.05, 0) is 62.1 Å². The van der Waals surface area contributed by atoms with E-state index in [1.165, 1.54) is 24.3 Å². The van der Waals surface area contributed by atoms with E-state index in [-0.39, 0.29) is 36.6 Å². The van der Waals surface area contributed by atoms with Gasteiger partial charge in [0, 0.05) is 6.54 Å². The predicted molar refractivity (Wildman–Crippen MR) is 94.4 cm³/mol. The molecule has 1 aliphatic rings. The number of carbonyl (C=O) groups excluding carboxylic acids is 1. The second-order valence-corrected chi connectivity index (χ2v) is 7.03. The van der Waals surface area contributed by atoms with Crippen molar-refractivity contribution in [3.63, 3.8) is 0 Å². The summed E-state index contributed by atoms with van der Waals surface area (Å²) in [4.78, 5) is 12.2. The van der Waals surface area contributed by atoms with Crippen LogP contribution in [-0.2, 0) is 6.61 Å². The van der Waals surface area contributed by atoms with Gasteiger partial charge < -0.3 is 19.6 Å². The van der Waals surface area contributed by atoms with Crippen molar-refractivity contribution in [1.29, 1.82) is 0 Å². The van der Waals surface area contributed by atoms with Crippen LogP contribution in [0.25, 0.3) is 0 Å². The van der Waals surface area contributed by atoms with Crippen LogP contribution >= 0.6 is 0 Å². The number of aliphatic hydroxyl groups is 1. The molecule has 0 aliphatic heterocycles. The van der Waals surface area contributed by atoms with Crippen molar-refractivity contribution in [2.45, 2.75) is 44.8 Å². The number of furan rings is 1. The Kier molecular flexibility index (Phi) is 5.61. The number of rotatable bonds is 7. The van der Waals surface area contributed by atoms with Gasteiger partial charge in [0.25, 0.3) is 5.91 Å². The number of ether oxygens (including phenoxy) is 1. The first-order valence-corrected chi connectivity index (χ1v) is 8.92. The number of carbonyl (C=O) groups is 1. The van der Waals surface area contributed by atoms with Crippen LogP contribution in [0.1, 0.15) is 48.9 Å². The highest BCUT2D eigenvalue weighted by Crippen LogP contribution is 2.33. The minimum absolute atomic E-state index is 0.138. The smallest absolute Gasteiger partial charge is 0.287 e. The first-order chi connectivity index (χ1) is 12.4. The van der Waals surface area contributed by atoms with Crippen LogP contribution in [0.5, 0.6) is 5.75 Å². The van der Waals surface area contributed by atoms with E-state index in [4.69, 9.17) is 9.15 Å². The number of hydrogen-bond donors (Lipinski definition) is 2. The molecule has 0 unspecified atom stereocenters. The number of benzene rings is 1. The molecule has 2 aromatic rings. The lowest BCUT2D eigenvalue weighted by atomic mass is 9.88. The largest absolute Gasteiger partial charge is 0.486 e. The number of halogens is 1. The summed E-state index contributed by atoms with van der Waals surface area (Å²) < 4.78 is 23.8. The molecular formula is C20H24FNO4.